The maximum absolute atomic E-state index is 12.6. The van der Waals surface area contributed by atoms with Crippen LogP contribution in [-0.4, -0.2) is 31.0 Å². The number of rotatable bonds is 7. The molecule has 1 aliphatic rings. The molecular formula is C20H23N2O3+. The molecule has 2 amide bonds. The average Bonchev–Trinajstić information content (AvgIpc) is 2.91. The fourth-order valence-electron chi connectivity index (χ4n) is 3.06. The molecular weight excluding hydrogens is 316 g/mol. The molecule has 0 saturated carbocycles. The summed E-state index contributed by atoms with van der Waals surface area (Å²) in [6, 6.07) is 16.9. The molecule has 25 heavy (non-hydrogen) atoms. The maximum Gasteiger partial charge on any atom is 0.292 e. The molecule has 2 aromatic carbocycles. The van der Waals surface area contributed by atoms with Crippen LogP contribution in [0.2, 0.25) is 0 Å². The predicted molar refractivity (Wildman–Crippen MR) is 95.4 cm³/mol. The summed E-state index contributed by atoms with van der Waals surface area (Å²) in [6.45, 7) is 3.28. The quantitative estimate of drug-likeness (QED) is 0.778. The summed E-state index contributed by atoms with van der Waals surface area (Å²) in [5.74, 6) is 0.452. The van der Waals surface area contributed by atoms with Gasteiger partial charge in [-0.05, 0) is 36.8 Å². The van der Waals surface area contributed by atoms with Gasteiger partial charge in [-0.15, -0.1) is 0 Å². The Morgan fingerprint density at radius 2 is 1.80 bits per heavy atom. The van der Waals surface area contributed by atoms with Crippen molar-refractivity contribution in [2.75, 3.05) is 18.1 Å². The first-order valence-electron chi connectivity index (χ1n) is 8.66. The lowest BCUT2D eigenvalue weighted by Crippen LogP contribution is -2.92. The van der Waals surface area contributed by atoms with Crippen LogP contribution in [0.4, 0.5) is 5.69 Å². The lowest BCUT2D eigenvalue weighted by atomic mass is 10.1. The molecule has 130 valence electrons. The predicted octanol–water partition coefficient (Wildman–Crippen LogP) is 1.52. The second-order valence-electron chi connectivity index (χ2n) is 6.06. The monoisotopic (exact) mass is 339 g/mol. The van der Waals surface area contributed by atoms with Crippen LogP contribution >= 0.6 is 0 Å². The van der Waals surface area contributed by atoms with E-state index in [-0.39, 0.29) is 24.3 Å². The third-order valence-corrected chi connectivity index (χ3v) is 4.31. The van der Waals surface area contributed by atoms with Crippen LogP contribution in [0.15, 0.2) is 54.6 Å². The summed E-state index contributed by atoms with van der Waals surface area (Å²) in [5.41, 5.74) is 1.84. The summed E-state index contributed by atoms with van der Waals surface area (Å²) in [5, 5.41) is 1.97. The normalized spacial score (nSPS) is 17.2. The molecule has 1 fully saturated rings. The van der Waals surface area contributed by atoms with Crippen LogP contribution in [0.1, 0.15) is 18.9 Å². The van der Waals surface area contributed by atoms with Gasteiger partial charge in [-0.25, -0.2) is 4.90 Å². The van der Waals surface area contributed by atoms with Crippen molar-refractivity contribution >= 4 is 17.5 Å². The Bertz CT molecular complexity index is 728. The smallest absolute Gasteiger partial charge is 0.292 e. The van der Waals surface area contributed by atoms with Crippen molar-refractivity contribution in [2.45, 2.75) is 25.8 Å². The van der Waals surface area contributed by atoms with Crippen molar-refractivity contribution in [1.29, 1.82) is 0 Å². The molecule has 1 atom stereocenters. The molecule has 1 heterocycles. The van der Waals surface area contributed by atoms with Gasteiger partial charge in [0, 0.05) is 6.42 Å². The van der Waals surface area contributed by atoms with Crippen LogP contribution in [0, 0.1) is 0 Å². The number of carbonyl (C=O) groups is 2. The second-order valence-corrected chi connectivity index (χ2v) is 6.06. The van der Waals surface area contributed by atoms with E-state index < -0.39 is 0 Å². The number of benzene rings is 2. The topological polar surface area (TPSA) is 63.2 Å². The highest BCUT2D eigenvalue weighted by atomic mass is 16.5. The lowest BCUT2D eigenvalue weighted by molar-refractivity contribution is -0.674. The van der Waals surface area contributed by atoms with Crippen molar-refractivity contribution in [1.82, 2.24) is 0 Å². The van der Waals surface area contributed by atoms with Crippen molar-refractivity contribution in [3.05, 3.63) is 60.2 Å². The Labute approximate surface area is 147 Å². The van der Waals surface area contributed by atoms with Gasteiger partial charge in [0.25, 0.3) is 5.91 Å². The highest BCUT2D eigenvalue weighted by Gasteiger charge is 2.42. The zero-order valence-corrected chi connectivity index (χ0v) is 14.4. The van der Waals surface area contributed by atoms with Crippen LogP contribution in [0.3, 0.4) is 0 Å². The lowest BCUT2D eigenvalue weighted by Gasteiger charge is -2.15. The summed E-state index contributed by atoms with van der Waals surface area (Å²) >= 11 is 0. The van der Waals surface area contributed by atoms with Crippen molar-refractivity contribution in [3.8, 4) is 5.75 Å². The molecule has 0 bridgehead atoms. The van der Waals surface area contributed by atoms with Crippen molar-refractivity contribution in [3.63, 3.8) is 0 Å². The minimum atomic E-state index is -0.331. The third-order valence-electron chi connectivity index (χ3n) is 4.31. The Hall–Kier alpha value is -2.66. The molecule has 0 unspecified atom stereocenters. The maximum atomic E-state index is 12.6. The fraction of sp³-hybridized carbons (Fsp3) is 0.300. The van der Waals surface area contributed by atoms with E-state index >= 15 is 0 Å². The number of carbonyl (C=O) groups excluding carboxylic acids is 2. The zero-order chi connectivity index (χ0) is 17.6. The van der Waals surface area contributed by atoms with E-state index in [9.17, 15) is 9.59 Å². The molecule has 3 rings (SSSR count). The summed E-state index contributed by atoms with van der Waals surface area (Å²) in [6.07, 6.45) is 1.13. The first kappa shape index (κ1) is 17.2. The highest BCUT2D eigenvalue weighted by Crippen LogP contribution is 2.24. The molecule has 0 spiro atoms. The number of hydrogen-bond acceptors (Lipinski definition) is 3. The standard InChI is InChI=1S/C20H22N2O3/c1-2-25-17-10-8-16(9-11-17)22-19(23)14-18(20(22)24)21-13-12-15-6-4-3-5-7-15/h3-11,18,21H,2,12-14H2,1H3/p+1/t18-/m0/s1. The molecule has 0 radical (unpaired) electrons. The number of quaternary nitrogens is 1. The zero-order valence-electron chi connectivity index (χ0n) is 14.4. The number of nitrogens with two attached hydrogens (primary N) is 1. The largest absolute Gasteiger partial charge is 0.494 e. The molecule has 2 aromatic rings. The van der Waals surface area contributed by atoms with Crippen molar-refractivity contribution < 1.29 is 19.6 Å². The fourth-order valence-corrected chi connectivity index (χ4v) is 3.06. The van der Waals surface area contributed by atoms with Crippen LogP contribution in [0.5, 0.6) is 5.75 Å². The van der Waals surface area contributed by atoms with Crippen LogP contribution in [0.25, 0.3) is 0 Å². The van der Waals surface area contributed by atoms with E-state index in [1.54, 1.807) is 24.3 Å². The van der Waals surface area contributed by atoms with Gasteiger partial charge < -0.3 is 10.1 Å². The van der Waals surface area contributed by atoms with Gasteiger partial charge in [0.15, 0.2) is 6.04 Å². The summed E-state index contributed by atoms with van der Waals surface area (Å²) in [7, 11) is 0. The number of amides is 2. The number of nitrogens with zero attached hydrogens (tertiary/aromatic N) is 1. The van der Waals surface area contributed by atoms with Gasteiger partial charge in [-0.3, -0.25) is 9.59 Å². The molecule has 5 nitrogen and oxygen atoms in total. The van der Waals surface area contributed by atoms with E-state index in [4.69, 9.17) is 4.74 Å². The van der Waals surface area contributed by atoms with Gasteiger partial charge in [0.2, 0.25) is 5.91 Å². The number of hydrogen-bond donors (Lipinski definition) is 1. The third kappa shape index (κ3) is 4.06. The molecule has 0 aliphatic carbocycles. The highest BCUT2D eigenvalue weighted by molar-refractivity contribution is 6.21. The Morgan fingerprint density at radius 3 is 2.48 bits per heavy atom. The minimum Gasteiger partial charge on any atom is -0.494 e. The van der Waals surface area contributed by atoms with E-state index in [2.05, 4.69) is 12.1 Å². The SMILES string of the molecule is CCOc1ccc(N2C(=O)C[C@H]([NH2+]CCc3ccccc3)C2=O)cc1. The van der Waals surface area contributed by atoms with Gasteiger partial charge in [-0.1, -0.05) is 30.3 Å². The molecule has 0 aromatic heterocycles. The Morgan fingerprint density at radius 1 is 1.08 bits per heavy atom. The first-order chi connectivity index (χ1) is 12.2. The van der Waals surface area contributed by atoms with E-state index in [1.165, 1.54) is 10.5 Å². The van der Waals surface area contributed by atoms with Gasteiger partial charge >= 0.3 is 0 Å². The summed E-state index contributed by atoms with van der Waals surface area (Å²) < 4.78 is 5.40. The Balaban J connectivity index is 1.59. The molecule has 1 aliphatic heterocycles. The number of anilines is 1. The van der Waals surface area contributed by atoms with Crippen molar-refractivity contribution in [2.24, 2.45) is 0 Å². The van der Waals surface area contributed by atoms with Crippen LogP contribution < -0.4 is 15.0 Å². The van der Waals surface area contributed by atoms with Gasteiger partial charge in [-0.2, -0.15) is 0 Å². The second kappa shape index (κ2) is 7.94. The minimum absolute atomic E-state index is 0.137. The van der Waals surface area contributed by atoms with E-state index in [1.807, 2.05) is 30.4 Å². The number of imide groups is 1. The van der Waals surface area contributed by atoms with E-state index in [0.717, 1.165) is 18.7 Å². The van der Waals surface area contributed by atoms with Crippen LogP contribution in [-0.2, 0) is 16.0 Å². The molecule has 1 saturated heterocycles. The van der Waals surface area contributed by atoms with Gasteiger partial charge in [0.05, 0.1) is 25.3 Å². The summed E-state index contributed by atoms with van der Waals surface area (Å²) in [4.78, 5) is 26.2. The molecule has 2 N–H and O–H groups in total. The van der Waals surface area contributed by atoms with E-state index in [0.29, 0.717) is 12.3 Å². The Kier molecular flexibility index (Phi) is 5.46. The number of ether oxygens (including phenoxy) is 1. The molecule has 5 heteroatoms. The average molecular weight is 339 g/mol. The van der Waals surface area contributed by atoms with Gasteiger partial charge in [0.1, 0.15) is 5.75 Å². The first-order valence-corrected chi connectivity index (χ1v) is 8.66.